The largest absolute Gasteiger partial charge is 0.378 e. The van der Waals surface area contributed by atoms with Gasteiger partial charge < -0.3 is 35.2 Å². The highest BCUT2D eigenvalue weighted by Crippen LogP contribution is 2.30. The topological polar surface area (TPSA) is 170 Å². The van der Waals surface area contributed by atoms with Crippen LogP contribution in [0.1, 0.15) is 12.1 Å². The maximum Gasteiger partial charge on any atom is 0.281 e. The molecule has 0 aliphatic carbocycles. The van der Waals surface area contributed by atoms with Gasteiger partial charge in [-0.1, -0.05) is 12.7 Å². The first-order chi connectivity index (χ1) is 21.6. The van der Waals surface area contributed by atoms with Gasteiger partial charge in [-0.3, -0.25) is 14.5 Å². The number of aliphatic hydroxyl groups is 1. The number of nitrogen functional groups attached to an aromatic ring is 1. The number of carbonyl (C=O) groups excluding carboxylic acids is 2. The van der Waals surface area contributed by atoms with Crippen molar-refractivity contribution < 1.29 is 28.2 Å². The van der Waals surface area contributed by atoms with Gasteiger partial charge in [0, 0.05) is 72.1 Å². The second kappa shape index (κ2) is 14.2. The molecule has 1 unspecified atom stereocenters. The lowest BCUT2D eigenvalue weighted by molar-refractivity contribution is -0.144. The molecule has 17 heteroatoms. The van der Waals surface area contributed by atoms with E-state index in [1.165, 1.54) is 12.3 Å². The van der Waals surface area contributed by atoms with Crippen LogP contribution in [-0.4, -0.2) is 142 Å². The van der Waals surface area contributed by atoms with Crippen LogP contribution in [0, 0.1) is 5.92 Å². The van der Waals surface area contributed by atoms with Gasteiger partial charge in [0.05, 0.1) is 24.7 Å². The number of rotatable bonds is 10. The summed E-state index contributed by atoms with van der Waals surface area (Å²) >= 11 is 0. The SMILES string of the molecule is C=CC(=O)N1CC(C(=O)N(C)CC=CC(O)N2CCN(c3nc(-c4cnc(N)nc4C(F)F)nc(N4CCOCC4)n3)CC2)C1. The quantitative estimate of drug-likeness (QED) is 0.262. The molecule has 2 amide bonds. The molecule has 0 spiro atoms. The van der Waals surface area contributed by atoms with E-state index in [0.717, 1.165) is 0 Å². The predicted octanol–water partition coefficient (Wildman–Crippen LogP) is -0.216. The third kappa shape index (κ3) is 7.49. The zero-order valence-electron chi connectivity index (χ0n) is 25.0. The van der Waals surface area contributed by atoms with E-state index in [4.69, 9.17) is 10.5 Å². The molecule has 0 bridgehead atoms. The lowest BCUT2D eigenvalue weighted by Gasteiger charge is -2.39. The zero-order valence-corrected chi connectivity index (χ0v) is 25.0. The molecule has 0 radical (unpaired) electrons. The minimum absolute atomic E-state index is 0.0165. The maximum absolute atomic E-state index is 13.9. The number of aliphatic hydroxyl groups excluding tert-OH is 1. The van der Waals surface area contributed by atoms with Gasteiger partial charge in [0.1, 0.15) is 11.9 Å². The van der Waals surface area contributed by atoms with E-state index in [-0.39, 0.29) is 35.1 Å². The summed E-state index contributed by atoms with van der Waals surface area (Å²) in [5.41, 5.74) is 4.98. The van der Waals surface area contributed by atoms with Crippen molar-refractivity contribution in [2.75, 3.05) is 94.7 Å². The molecule has 45 heavy (non-hydrogen) atoms. The molecule has 5 rings (SSSR count). The fourth-order valence-electron chi connectivity index (χ4n) is 5.26. The third-order valence-corrected chi connectivity index (χ3v) is 7.94. The number of hydrogen-bond donors (Lipinski definition) is 2. The van der Waals surface area contributed by atoms with Crippen LogP contribution < -0.4 is 15.5 Å². The number of alkyl halides is 2. The van der Waals surface area contributed by atoms with Crippen molar-refractivity contribution in [1.29, 1.82) is 0 Å². The molecule has 1 atom stereocenters. The molecule has 0 aromatic carbocycles. The Morgan fingerprint density at radius 3 is 2.36 bits per heavy atom. The highest BCUT2D eigenvalue weighted by molar-refractivity contribution is 5.90. The van der Waals surface area contributed by atoms with Crippen molar-refractivity contribution >= 4 is 29.7 Å². The molecule has 15 nitrogen and oxygen atoms in total. The number of likely N-dealkylation sites (tertiary alicyclic amines) is 1. The highest BCUT2D eigenvalue weighted by atomic mass is 19.3. The summed E-state index contributed by atoms with van der Waals surface area (Å²) in [6, 6.07) is 0. The number of hydrogen-bond acceptors (Lipinski definition) is 13. The number of likely N-dealkylation sites (N-methyl/N-ethyl adjacent to an activating group) is 1. The molecular weight excluding hydrogens is 592 g/mol. The van der Waals surface area contributed by atoms with Crippen molar-refractivity contribution in [3.63, 3.8) is 0 Å². The number of morpholine rings is 1. The van der Waals surface area contributed by atoms with Gasteiger partial charge in [0.15, 0.2) is 5.82 Å². The summed E-state index contributed by atoms with van der Waals surface area (Å²) < 4.78 is 33.2. The summed E-state index contributed by atoms with van der Waals surface area (Å²) in [4.78, 5) is 54.3. The van der Waals surface area contributed by atoms with Crippen LogP contribution in [-0.2, 0) is 14.3 Å². The summed E-state index contributed by atoms with van der Waals surface area (Å²) in [6.07, 6.45) is 2.02. The number of nitrogens with two attached hydrogens (primary N) is 1. The smallest absolute Gasteiger partial charge is 0.281 e. The van der Waals surface area contributed by atoms with E-state index in [9.17, 15) is 23.5 Å². The Morgan fingerprint density at radius 1 is 1.09 bits per heavy atom. The minimum atomic E-state index is -2.91. The number of halogens is 2. The molecule has 3 aliphatic heterocycles. The molecule has 3 aliphatic rings. The standard InChI is InChI=1S/C28H37F2N11O4/c1-3-20(42)41-16-18(17-41)25(44)37(2)6-4-5-21(43)38-7-9-39(10-8-38)27-34-24(19-15-32-26(31)33-22(19)23(29)30)35-28(36-27)40-11-13-45-14-12-40/h3-5,15,18,21,23,43H,1,6-14,16-17H2,2H3,(H2,31,32,33). The molecule has 2 aromatic heterocycles. The van der Waals surface area contributed by atoms with E-state index < -0.39 is 18.3 Å². The van der Waals surface area contributed by atoms with Crippen LogP contribution in [0.5, 0.6) is 0 Å². The number of carbonyl (C=O) groups is 2. The summed E-state index contributed by atoms with van der Waals surface area (Å²) in [5.74, 6) is -0.0903. The zero-order chi connectivity index (χ0) is 32.1. The Bertz CT molecular complexity index is 1410. The lowest BCUT2D eigenvalue weighted by atomic mass is 9.98. The molecule has 242 valence electrons. The van der Waals surface area contributed by atoms with E-state index in [0.29, 0.717) is 84.0 Å². The van der Waals surface area contributed by atoms with Crippen LogP contribution in [0.2, 0.25) is 0 Å². The number of piperazine rings is 1. The first-order valence-electron chi connectivity index (χ1n) is 14.6. The van der Waals surface area contributed by atoms with Crippen molar-refractivity contribution in [3.05, 3.63) is 36.7 Å². The van der Waals surface area contributed by atoms with Crippen LogP contribution in [0.4, 0.5) is 26.6 Å². The molecule has 3 saturated heterocycles. The normalized spacial score (nSPS) is 18.7. The maximum atomic E-state index is 13.9. The molecule has 5 heterocycles. The summed E-state index contributed by atoms with van der Waals surface area (Å²) in [5, 5.41) is 10.8. The number of ether oxygens (including phenoxy) is 1. The van der Waals surface area contributed by atoms with Gasteiger partial charge in [0.25, 0.3) is 6.43 Å². The average Bonchev–Trinajstić information content (AvgIpc) is 3.03. The number of amides is 2. The van der Waals surface area contributed by atoms with Gasteiger partial charge in [-0.15, -0.1) is 0 Å². The molecule has 2 aromatic rings. The monoisotopic (exact) mass is 629 g/mol. The molecule has 0 saturated carbocycles. The van der Waals surface area contributed by atoms with Crippen molar-refractivity contribution in [2.24, 2.45) is 5.92 Å². The van der Waals surface area contributed by atoms with Gasteiger partial charge in [0.2, 0.25) is 29.7 Å². The second-order valence-corrected chi connectivity index (χ2v) is 10.9. The van der Waals surface area contributed by atoms with Gasteiger partial charge in [-0.2, -0.15) is 15.0 Å². The van der Waals surface area contributed by atoms with Crippen LogP contribution >= 0.6 is 0 Å². The summed E-state index contributed by atoms with van der Waals surface area (Å²) in [6.45, 7) is 8.40. The van der Waals surface area contributed by atoms with Gasteiger partial charge >= 0.3 is 0 Å². The summed E-state index contributed by atoms with van der Waals surface area (Å²) in [7, 11) is 1.69. The number of anilines is 3. The molecule has 3 N–H and O–H groups in total. The lowest BCUT2D eigenvalue weighted by Crippen LogP contribution is -2.55. The first-order valence-corrected chi connectivity index (χ1v) is 14.6. The Morgan fingerprint density at radius 2 is 1.73 bits per heavy atom. The van der Waals surface area contributed by atoms with Crippen molar-refractivity contribution in [2.45, 2.75) is 12.7 Å². The van der Waals surface area contributed by atoms with Crippen molar-refractivity contribution in [3.8, 4) is 11.4 Å². The Hall–Kier alpha value is -4.35. The molecule has 3 fully saturated rings. The van der Waals surface area contributed by atoms with E-state index >= 15 is 0 Å². The van der Waals surface area contributed by atoms with Crippen LogP contribution in [0.15, 0.2) is 31.0 Å². The predicted molar refractivity (Wildman–Crippen MR) is 160 cm³/mol. The van der Waals surface area contributed by atoms with E-state index in [2.05, 4.69) is 31.5 Å². The Labute approximate surface area is 259 Å². The average molecular weight is 630 g/mol. The Kier molecular flexibility index (Phi) is 10.1. The third-order valence-electron chi connectivity index (χ3n) is 7.94. The minimum Gasteiger partial charge on any atom is -0.378 e. The van der Waals surface area contributed by atoms with Crippen LogP contribution in [0.25, 0.3) is 11.4 Å². The van der Waals surface area contributed by atoms with Gasteiger partial charge in [-0.25, -0.2) is 18.7 Å². The van der Waals surface area contributed by atoms with Gasteiger partial charge in [-0.05, 0) is 12.2 Å². The highest BCUT2D eigenvalue weighted by Gasteiger charge is 2.36. The second-order valence-electron chi connectivity index (χ2n) is 10.9. The number of nitrogens with zero attached hydrogens (tertiary/aromatic N) is 10. The van der Waals surface area contributed by atoms with E-state index in [1.54, 1.807) is 29.0 Å². The fourth-order valence-corrected chi connectivity index (χ4v) is 5.26. The van der Waals surface area contributed by atoms with E-state index in [1.807, 2.05) is 14.7 Å². The fraction of sp³-hybridized carbons (Fsp3) is 0.536. The van der Waals surface area contributed by atoms with Crippen molar-refractivity contribution in [1.82, 2.24) is 39.6 Å². The Balaban J connectivity index is 1.22. The number of aromatic nitrogens is 5. The van der Waals surface area contributed by atoms with Crippen LogP contribution in [0.3, 0.4) is 0 Å². The molecular formula is C28H37F2N11O4. The first kappa shape index (κ1) is 32.1.